The maximum atomic E-state index is 12.6. The highest BCUT2D eigenvalue weighted by atomic mass is 32.2. The first-order valence-corrected chi connectivity index (χ1v) is 8.66. The molecule has 0 bridgehead atoms. The summed E-state index contributed by atoms with van der Waals surface area (Å²) in [5, 5.41) is 0.179. The minimum Gasteiger partial charge on any atom is -0.332 e. The van der Waals surface area contributed by atoms with Gasteiger partial charge in [-0.25, -0.2) is 13.4 Å². The highest BCUT2D eigenvalue weighted by Crippen LogP contribution is 2.30. The zero-order chi connectivity index (χ0) is 14.8. The van der Waals surface area contributed by atoms with Crippen LogP contribution >= 0.6 is 0 Å². The van der Waals surface area contributed by atoms with Gasteiger partial charge < -0.3 is 10.7 Å². The molecule has 0 saturated heterocycles. The van der Waals surface area contributed by atoms with E-state index >= 15 is 0 Å². The first kappa shape index (κ1) is 15.5. The maximum absolute atomic E-state index is 12.6. The Morgan fingerprint density at radius 2 is 2.15 bits per heavy atom. The summed E-state index contributed by atoms with van der Waals surface area (Å²) in [6, 6.07) is -0.00729. The lowest BCUT2D eigenvalue weighted by molar-refractivity contribution is 0.204. The molecular formula is C13H24N4O2S. The van der Waals surface area contributed by atoms with Crippen molar-refractivity contribution < 1.29 is 8.42 Å². The molecule has 0 radical (unpaired) electrons. The Labute approximate surface area is 120 Å². The molecule has 1 aliphatic carbocycles. The van der Waals surface area contributed by atoms with Crippen LogP contribution in [-0.2, 0) is 16.4 Å². The Balaban J connectivity index is 2.23. The van der Waals surface area contributed by atoms with Crippen molar-refractivity contribution >= 4 is 10.0 Å². The number of nitrogens with one attached hydrogen (secondary N) is 1. The van der Waals surface area contributed by atoms with Gasteiger partial charge in [0.1, 0.15) is 5.82 Å². The number of aromatic nitrogens is 2. The Bertz CT molecular complexity index is 540. The summed E-state index contributed by atoms with van der Waals surface area (Å²) in [4.78, 5) is 6.97. The molecule has 0 aliphatic heterocycles. The number of H-pyrrole nitrogens is 1. The fourth-order valence-electron chi connectivity index (χ4n) is 2.93. The molecule has 1 heterocycles. The van der Waals surface area contributed by atoms with Crippen LogP contribution in [0.25, 0.3) is 0 Å². The lowest BCUT2D eigenvalue weighted by Gasteiger charge is -2.36. The Kier molecular flexibility index (Phi) is 4.82. The molecule has 1 aliphatic rings. The maximum Gasteiger partial charge on any atom is 0.260 e. The monoisotopic (exact) mass is 300 g/mol. The van der Waals surface area contributed by atoms with Crippen LogP contribution in [0.2, 0.25) is 0 Å². The van der Waals surface area contributed by atoms with Crippen LogP contribution < -0.4 is 5.73 Å². The van der Waals surface area contributed by atoms with Gasteiger partial charge in [-0.3, -0.25) is 0 Å². The zero-order valence-electron chi connectivity index (χ0n) is 12.2. The van der Waals surface area contributed by atoms with Crippen LogP contribution in [0.1, 0.15) is 38.4 Å². The van der Waals surface area contributed by atoms with Gasteiger partial charge in [0.2, 0.25) is 0 Å². The second-order valence-corrected chi connectivity index (χ2v) is 7.38. The van der Waals surface area contributed by atoms with Gasteiger partial charge in [0.25, 0.3) is 10.0 Å². The van der Waals surface area contributed by atoms with Gasteiger partial charge in [0.15, 0.2) is 5.03 Å². The SMILES string of the molecule is CCc1ncc(S(=O)(=O)N(C)C2CCCCC2CN)[nH]1. The van der Waals surface area contributed by atoms with Gasteiger partial charge in [-0.1, -0.05) is 19.8 Å². The van der Waals surface area contributed by atoms with Crippen molar-refractivity contribution in [1.82, 2.24) is 14.3 Å². The third-order valence-corrected chi connectivity index (χ3v) is 6.03. The number of nitrogens with two attached hydrogens (primary N) is 1. The number of sulfonamides is 1. The molecule has 0 aromatic carbocycles. The van der Waals surface area contributed by atoms with Crippen LogP contribution in [0.15, 0.2) is 11.2 Å². The van der Waals surface area contributed by atoms with E-state index in [1.165, 1.54) is 10.5 Å². The molecule has 3 N–H and O–H groups in total. The van der Waals surface area contributed by atoms with E-state index in [-0.39, 0.29) is 17.0 Å². The molecule has 6 nitrogen and oxygen atoms in total. The highest BCUT2D eigenvalue weighted by molar-refractivity contribution is 7.89. The average molecular weight is 300 g/mol. The van der Waals surface area contributed by atoms with E-state index < -0.39 is 10.0 Å². The molecule has 20 heavy (non-hydrogen) atoms. The summed E-state index contributed by atoms with van der Waals surface area (Å²) in [7, 11) is -1.86. The van der Waals surface area contributed by atoms with Crippen LogP contribution in [0.4, 0.5) is 0 Å². The second-order valence-electron chi connectivity index (χ2n) is 5.42. The number of hydrogen-bond acceptors (Lipinski definition) is 4. The van der Waals surface area contributed by atoms with Crippen molar-refractivity contribution in [3.63, 3.8) is 0 Å². The van der Waals surface area contributed by atoms with Crippen molar-refractivity contribution in [1.29, 1.82) is 0 Å². The number of rotatable bonds is 5. The predicted molar refractivity (Wildman–Crippen MR) is 77.7 cm³/mol. The summed E-state index contributed by atoms with van der Waals surface area (Å²) in [6.07, 6.45) is 6.18. The molecule has 0 amide bonds. The van der Waals surface area contributed by atoms with E-state index in [4.69, 9.17) is 5.73 Å². The largest absolute Gasteiger partial charge is 0.332 e. The summed E-state index contributed by atoms with van der Waals surface area (Å²) < 4.78 is 26.8. The van der Waals surface area contributed by atoms with Crippen LogP contribution in [0, 0.1) is 5.92 Å². The summed E-state index contributed by atoms with van der Waals surface area (Å²) in [5.41, 5.74) is 5.80. The molecule has 1 aromatic heterocycles. The Morgan fingerprint density at radius 1 is 1.45 bits per heavy atom. The van der Waals surface area contributed by atoms with Crippen LogP contribution in [0.3, 0.4) is 0 Å². The van der Waals surface area contributed by atoms with Crippen molar-refractivity contribution in [3.05, 3.63) is 12.0 Å². The second kappa shape index (κ2) is 6.24. The lowest BCUT2D eigenvalue weighted by Crippen LogP contribution is -2.45. The zero-order valence-corrected chi connectivity index (χ0v) is 13.0. The molecule has 7 heteroatoms. The number of aryl methyl sites for hydroxylation is 1. The molecule has 114 valence electrons. The molecule has 0 spiro atoms. The van der Waals surface area contributed by atoms with E-state index in [0.717, 1.165) is 25.7 Å². The van der Waals surface area contributed by atoms with Gasteiger partial charge in [0, 0.05) is 19.5 Å². The normalized spacial score (nSPS) is 24.2. The minimum atomic E-state index is -3.51. The molecule has 2 rings (SSSR count). The van der Waals surface area contributed by atoms with Crippen molar-refractivity contribution in [2.24, 2.45) is 11.7 Å². The van der Waals surface area contributed by atoms with Gasteiger partial charge in [-0.2, -0.15) is 4.31 Å². The standard InChI is InChI=1S/C13H24N4O2S/c1-3-12-15-9-13(16-12)20(18,19)17(2)11-7-5-4-6-10(11)8-14/h9-11H,3-8,14H2,1-2H3,(H,15,16). The van der Waals surface area contributed by atoms with Crippen LogP contribution in [-0.4, -0.2) is 42.3 Å². The summed E-state index contributed by atoms with van der Waals surface area (Å²) >= 11 is 0. The lowest BCUT2D eigenvalue weighted by atomic mass is 9.85. The number of imidazole rings is 1. The first-order chi connectivity index (χ1) is 9.50. The number of aromatic amines is 1. The fraction of sp³-hybridized carbons (Fsp3) is 0.769. The molecular weight excluding hydrogens is 276 g/mol. The predicted octanol–water partition coefficient (Wildman–Crippen LogP) is 1.11. The Hall–Kier alpha value is -0.920. The van der Waals surface area contributed by atoms with Crippen LogP contribution in [0.5, 0.6) is 0 Å². The van der Waals surface area contributed by atoms with Gasteiger partial charge in [0.05, 0.1) is 6.20 Å². The van der Waals surface area contributed by atoms with E-state index in [2.05, 4.69) is 9.97 Å². The molecule has 2 atom stereocenters. The molecule has 1 fully saturated rings. The smallest absolute Gasteiger partial charge is 0.260 e. The topological polar surface area (TPSA) is 92.1 Å². The quantitative estimate of drug-likeness (QED) is 0.852. The number of hydrogen-bond donors (Lipinski definition) is 2. The number of nitrogens with zero attached hydrogens (tertiary/aromatic N) is 2. The van der Waals surface area contributed by atoms with Gasteiger partial charge >= 0.3 is 0 Å². The van der Waals surface area contributed by atoms with E-state index in [1.54, 1.807) is 7.05 Å². The summed E-state index contributed by atoms with van der Waals surface area (Å²) in [5.74, 6) is 0.938. The van der Waals surface area contributed by atoms with Crippen molar-refractivity contribution in [3.8, 4) is 0 Å². The fourth-order valence-corrected chi connectivity index (χ4v) is 4.31. The third-order valence-electron chi connectivity index (χ3n) is 4.24. The molecule has 1 aromatic rings. The third kappa shape index (κ3) is 2.89. The van der Waals surface area contributed by atoms with E-state index in [0.29, 0.717) is 18.8 Å². The van der Waals surface area contributed by atoms with Gasteiger partial charge in [-0.05, 0) is 25.3 Å². The van der Waals surface area contributed by atoms with E-state index in [9.17, 15) is 8.42 Å². The summed E-state index contributed by atoms with van der Waals surface area (Å²) in [6.45, 7) is 2.47. The van der Waals surface area contributed by atoms with E-state index in [1.807, 2.05) is 6.92 Å². The van der Waals surface area contributed by atoms with Crippen molar-refractivity contribution in [2.75, 3.05) is 13.6 Å². The Morgan fingerprint density at radius 3 is 2.75 bits per heavy atom. The first-order valence-electron chi connectivity index (χ1n) is 7.22. The highest BCUT2D eigenvalue weighted by Gasteiger charge is 2.35. The van der Waals surface area contributed by atoms with Crippen molar-refractivity contribution in [2.45, 2.75) is 50.1 Å². The average Bonchev–Trinajstić information content (AvgIpc) is 2.96. The minimum absolute atomic E-state index is 0.00729. The molecule has 1 saturated carbocycles. The van der Waals surface area contributed by atoms with Gasteiger partial charge in [-0.15, -0.1) is 0 Å². The molecule has 2 unspecified atom stereocenters.